The minimum Gasteiger partial charge on any atom is -0.481 e. The summed E-state index contributed by atoms with van der Waals surface area (Å²) in [6.45, 7) is 6.18. The van der Waals surface area contributed by atoms with E-state index in [0.717, 1.165) is 0 Å². The van der Waals surface area contributed by atoms with Gasteiger partial charge < -0.3 is 25.4 Å². The molecule has 8 nitrogen and oxygen atoms in total. The van der Waals surface area contributed by atoms with Crippen LogP contribution in [0.4, 0.5) is 4.79 Å². The van der Waals surface area contributed by atoms with Crippen molar-refractivity contribution in [3.8, 4) is 0 Å². The number of hydrogen-bond acceptors (Lipinski definition) is 5. The minimum atomic E-state index is -0.948. The Balaban J connectivity index is 2.54. The third-order valence-electron chi connectivity index (χ3n) is 3.26. The lowest BCUT2D eigenvalue weighted by Crippen LogP contribution is -2.71. The molecule has 1 aliphatic heterocycles. The summed E-state index contributed by atoms with van der Waals surface area (Å²) in [4.78, 5) is 35.6. The fraction of sp³-hybridized carbons (Fsp3) is 0.786. The zero-order valence-corrected chi connectivity index (χ0v) is 13.6. The lowest BCUT2D eigenvalue weighted by molar-refractivity contribution is -0.141. The van der Waals surface area contributed by atoms with Crippen LogP contribution in [0.5, 0.6) is 0 Å². The second-order valence-corrected chi connectivity index (χ2v) is 6.54. The number of aliphatic carboxylic acids is 1. The Bertz CT molecular complexity index is 438. The van der Waals surface area contributed by atoms with Crippen molar-refractivity contribution in [2.45, 2.75) is 44.8 Å². The lowest BCUT2D eigenvalue weighted by atomic mass is 9.86. The molecule has 0 aliphatic carbocycles. The summed E-state index contributed by atoms with van der Waals surface area (Å²) in [5.74, 6) is -1.07. The highest BCUT2D eigenvalue weighted by Crippen LogP contribution is 2.26. The number of carbonyl (C=O) groups excluding carboxylic acids is 2. The average molecular weight is 315 g/mol. The summed E-state index contributed by atoms with van der Waals surface area (Å²) in [5, 5.41) is 14.6. The van der Waals surface area contributed by atoms with Crippen molar-refractivity contribution in [3.63, 3.8) is 0 Å². The molecule has 1 saturated heterocycles. The van der Waals surface area contributed by atoms with Gasteiger partial charge in [0.05, 0.1) is 12.0 Å². The van der Waals surface area contributed by atoms with E-state index in [9.17, 15) is 14.4 Å². The standard InChI is InChI=1S/C14H25N3O5/c1-13(2,3)22-12(21)17-8-14(9-17,7-11(19)20)16-6-5-10(18)15-4/h16H,5-9H2,1-4H3,(H,15,18)(H,19,20). The smallest absolute Gasteiger partial charge is 0.410 e. The Hall–Kier alpha value is -1.83. The van der Waals surface area contributed by atoms with Crippen molar-refractivity contribution in [1.82, 2.24) is 15.5 Å². The van der Waals surface area contributed by atoms with Crippen molar-refractivity contribution in [1.29, 1.82) is 0 Å². The highest BCUT2D eigenvalue weighted by Gasteiger charge is 2.47. The number of nitrogens with one attached hydrogen (secondary N) is 2. The van der Waals surface area contributed by atoms with Crippen molar-refractivity contribution < 1.29 is 24.2 Å². The molecular formula is C14H25N3O5. The zero-order valence-electron chi connectivity index (χ0n) is 13.6. The summed E-state index contributed by atoms with van der Waals surface area (Å²) < 4.78 is 5.25. The predicted octanol–water partition coefficient (Wildman–Crippen LogP) is 0.176. The molecule has 1 heterocycles. The Labute approximate surface area is 130 Å². The van der Waals surface area contributed by atoms with E-state index >= 15 is 0 Å². The molecule has 0 bridgehead atoms. The second kappa shape index (κ2) is 6.95. The molecule has 0 saturated carbocycles. The molecule has 126 valence electrons. The van der Waals surface area contributed by atoms with Gasteiger partial charge in [-0.1, -0.05) is 0 Å². The topological polar surface area (TPSA) is 108 Å². The van der Waals surface area contributed by atoms with Gasteiger partial charge in [-0.15, -0.1) is 0 Å². The van der Waals surface area contributed by atoms with Crippen LogP contribution >= 0.6 is 0 Å². The number of nitrogens with zero attached hydrogens (tertiary/aromatic N) is 1. The third-order valence-corrected chi connectivity index (χ3v) is 3.26. The Morgan fingerprint density at radius 1 is 1.27 bits per heavy atom. The van der Waals surface area contributed by atoms with Crippen LogP contribution in [-0.4, -0.2) is 65.8 Å². The normalized spacial score (nSPS) is 16.6. The first-order valence-electron chi connectivity index (χ1n) is 7.22. The third kappa shape index (κ3) is 5.51. The molecule has 0 radical (unpaired) electrons. The molecule has 0 aromatic rings. The van der Waals surface area contributed by atoms with Crippen molar-refractivity contribution >= 4 is 18.0 Å². The van der Waals surface area contributed by atoms with Gasteiger partial charge in [0.25, 0.3) is 0 Å². The monoisotopic (exact) mass is 315 g/mol. The molecule has 1 aliphatic rings. The average Bonchev–Trinajstić information content (AvgIpc) is 2.31. The second-order valence-electron chi connectivity index (χ2n) is 6.54. The van der Waals surface area contributed by atoms with Gasteiger partial charge in [0, 0.05) is 33.1 Å². The van der Waals surface area contributed by atoms with Gasteiger partial charge in [0.1, 0.15) is 5.60 Å². The van der Waals surface area contributed by atoms with E-state index in [1.807, 2.05) is 0 Å². The molecule has 0 aromatic carbocycles. The summed E-state index contributed by atoms with van der Waals surface area (Å²) in [7, 11) is 1.54. The maximum atomic E-state index is 11.9. The maximum Gasteiger partial charge on any atom is 0.410 e. The molecule has 1 fully saturated rings. The van der Waals surface area contributed by atoms with Crippen molar-refractivity contribution in [3.05, 3.63) is 0 Å². The van der Waals surface area contributed by atoms with Crippen LogP contribution in [0.3, 0.4) is 0 Å². The number of carbonyl (C=O) groups is 3. The lowest BCUT2D eigenvalue weighted by Gasteiger charge is -2.49. The SMILES string of the molecule is CNC(=O)CCNC1(CC(=O)O)CN(C(=O)OC(C)(C)C)C1. The first-order chi connectivity index (χ1) is 10.1. The van der Waals surface area contributed by atoms with E-state index in [1.54, 1.807) is 27.8 Å². The predicted molar refractivity (Wildman–Crippen MR) is 79.5 cm³/mol. The van der Waals surface area contributed by atoms with Crippen LogP contribution in [0, 0.1) is 0 Å². The molecule has 0 aromatic heterocycles. The summed E-state index contributed by atoms with van der Waals surface area (Å²) >= 11 is 0. The summed E-state index contributed by atoms with van der Waals surface area (Å²) in [6, 6.07) is 0. The molecule has 8 heteroatoms. The van der Waals surface area contributed by atoms with Crippen LogP contribution in [0.2, 0.25) is 0 Å². The number of hydrogen-bond donors (Lipinski definition) is 3. The molecule has 3 N–H and O–H groups in total. The van der Waals surface area contributed by atoms with Gasteiger partial charge in [0.2, 0.25) is 5.91 Å². The van der Waals surface area contributed by atoms with Gasteiger partial charge in [-0.05, 0) is 20.8 Å². The summed E-state index contributed by atoms with van der Waals surface area (Å²) in [6.07, 6.45) is -0.314. The zero-order chi connectivity index (χ0) is 17.0. The number of carboxylic acid groups (broad SMARTS) is 1. The van der Waals surface area contributed by atoms with Gasteiger partial charge in [0.15, 0.2) is 0 Å². The Morgan fingerprint density at radius 3 is 2.32 bits per heavy atom. The van der Waals surface area contributed by atoms with Crippen LogP contribution in [0.1, 0.15) is 33.6 Å². The van der Waals surface area contributed by atoms with E-state index in [0.29, 0.717) is 6.54 Å². The number of ether oxygens (including phenoxy) is 1. The molecular weight excluding hydrogens is 290 g/mol. The van der Waals surface area contributed by atoms with Crippen LogP contribution in [0.25, 0.3) is 0 Å². The van der Waals surface area contributed by atoms with Gasteiger partial charge in [-0.25, -0.2) is 4.79 Å². The van der Waals surface area contributed by atoms with E-state index < -0.39 is 23.2 Å². The highest BCUT2D eigenvalue weighted by molar-refractivity contribution is 5.76. The largest absolute Gasteiger partial charge is 0.481 e. The van der Waals surface area contributed by atoms with Crippen LogP contribution < -0.4 is 10.6 Å². The van der Waals surface area contributed by atoms with E-state index in [4.69, 9.17) is 9.84 Å². The molecule has 0 spiro atoms. The number of carboxylic acids is 1. The van der Waals surface area contributed by atoms with E-state index in [2.05, 4.69) is 10.6 Å². The fourth-order valence-electron chi connectivity index (χ4n) is 2.28. The van der Waals surface area contributed by atoms with Gasteiger partial charge in [-0.2, -0.15) is 0 Å². The van der Waals surface area contributed by atoms with Gasteiger partial charge in [-0.3, -0.25) is 9.59 Å². The molecule has 22 heavy (non-hydrogen) atoms. The minimum absolute atomic E-state index is 0.111. The fourth-order valence-corrected chi connectivity index (χ4v) is 2.28. The van der Waals surface area contributed by atoms with Crippen molar-refractivity contribution in [2.24, 2.45) is 0 Å². The number of rotatable bonds is 6. The molecule has 0 unspecified atom stereocenters. The summed E-state index contributed by atoms with van der Waals surface area (Å²) in [5.41, 5.74) is -1.29. The Morgan fingerprint density at radius 2 is 1.86 bits per heavy atom. The molecule has 0 atom stereocenters. The van der Waals surface area contributed by atoms with Crippen LogP contribution in [0.15, 0.2) is 0 Å². The number of likely N-dealkylation sites (tertiary alicyclic amines) is 1. The molecule has 1 rings (SSSR count). The first-order valence-corrected chi connectivity index (χ1v) is 7.22. The molecule has 2 amide bonds. The van der Waals surface area contributed by atoms with E-state index in [1.165, 1.54) is 4.90 Å². The first kappa shape index (κ1) is 18.2. The number of amides is 2. The Kier molecular flexibility index (Phi) is 5.76. The van der Waals surface area contributed by atoms with Gasteiger partial charge >= 0.3 is 12.1 Å². The quantitative estimate of drug-likeness (QED) is 0.645. The van der Waals surface area contributed by atoms with Crippen molar-refractivity contribution in [2.75, 3.05) is 26.7 Å². The van der Waals surface area contributed by atoms with E-state index in [-0.39, 0.29) is 31.8 Å². The highest BCUT2D eigenvalue weighted by atomic mass is 16.6. The maximum absolute atomic E-state index is 11.9. The van der Waals surface area contributed by atoms with Crippen LogP contribution in [-0.2, 0) is 14.3 Å².